The van der Waals surface area contributed by atoms with E-state index in [2.05, 4.69) is 4.72 Å². The first-order valence-corrected chi connectivity index (χ1v) is 8.18. The normalized spacial score (nSPS) is 17.1. The van der Waals surface area contributed by atoms with E-state index in [4.69, 9.17) is 5.11 Å². The van der Waals surface area contributed by atoms with Gasteiger partial charge in [0.2, 0.25) is 0 Å². The van der Waals surface area contributed by atoms with Crippen molar-refractivity contribution in [3.8, 4) is 5.75 Å². The van der Waals surface area contributed by atoms with Crippen LogP contribution in [0.4, 0.5) is 5.69 Å². The fraction of sp³-hybridized carbons (Fsp3) is 0.462. The Hall–Kier alpha value is -1.80. The zero-order valence-corrected chi connectivity index (χ0v) is 12.3. The summed E-state index contributed by atoms with van der Waals surface area (Å²) in [6, 6.07) is 3.47. The van der Waals surface area contributed by atoms with Crippen LogP contribution in [-0.4, -0.2) is 42.0 Å². The first-order valence-electron chi connectivity index (χ1n) is 6.74. The predicted octanol–water partition coefficient (Wildman–Crippen LogP) is 1.62. The molecule has 0 spiro atoms. The van der Waals surface area contributed by atoms with Gasteiger partial charge in [0.1, 0.15) is 5.75 Å². The van der Waals surface area contributed by atoms with E-state index < -0.39 is 16.2 Å². The van der Waals surface area contributed by atoms with E-state index >= 15 is 0 Å². The molecule has 0 aromatic heterocycles. The number of anilines is 1. The lowest BCUT2D eigenvalue weighted by atomic mass is 10.2. The highest BCUT2D eigenvalue weighted by molar-refractivity contribution is 7.90. The minimum atomic E-state index is -3.79. The van der Waals surface area contributed by atoms with Gasteiger partial charge in [-0.25, -0.2) is 4.79 Å². The Morgan fingerprint density at radius 3 is 2.33 bits per heavy atom. The van der Waals surface area contributed by atoms with Gasteiger partial charge in [-0.3, -0.25) is 4.72 Å². The number of aromatic carboxylic acids is 1. The Balaban J connectivity index is 2.23. The third kappa shape index (κ3) is 3.85. The summed E-state index contributed by atoms with van der Waals surface area (Å²) in [5, 5.41) is 18.6. The number of carbonyl (C=O) groups is 1. The highest BCUT2D eigenvalue weighted by Crippen LogP contribution is 2.26. The van der Waals surface area contributed by atoms with Gasteiger partial charge >= 0.3 is 16.2 Å². The molecule has 1 fully saturated rings. The molecule has 0 saturated carbocycles. The molecule has 1 heterocycles. The molecule has 21 heavy (non-hydrogen) atoms. The first-order chi connectivity index (χ1) is 9.90. The third-order valence-corrected chi connectivity index (χ3v) is 4.91. The Morgan fingerprint density at radius 1 is 1.14 bits per heavy atom. The topological polar surface area (TPSA) is 107 Å². The van der Waals surface area contributed by atoms with Crippen LogP contribution in [0.15, 0.2) is 18.2 Å². The Kier molecular flexibility index (Phi) is 4.69. The highest BCUT2D eigenvalue weighted by Gasteiger charge is 2.24. The summed E-state index contributed by atoms with van der Waals surface area (Å²) in [4.78, 5) is 10.9. The number of phenolic OH excluding ortho intramolecular Hbond substituents is 1. The minimum Gasteiger partial charge on any atom is -0.506 e. The molecule has 1 aromatic rings. The van der Waals surface area contributed by atoms with Crippen LogP contribution in [-0.2, 0) is 10.2 Å². The maximum Gasteiger partial charge on any atom is 0.335 e. The number of nitrogens with zero attached hydrogens (tertiary/aromatic N) is 1. The van der Waals surface area contributed by atoms with Crippen LogP contribution >= 0.6 is 0 Å². The second-order valence-corrected chi connectivity index (χ2v) is 6.63. The number of benzene rings is 1. The number of rotatable bonds is 4. The largest absolute Gasteiger partial charge is 0.506 e. The van der Waals surface area contributed by atoms with E-state index in [0.29, 0.717) is 13.1 Å². The third-order valence-electron chi connectivity index (χ3n) is 3.39. The quantitative estimate of drug-likeness (QED) is 0.732. The highest BCUT2D eigenvalue weighted by atomic mass is 32.2. The van der Waals surface area contributed by atoms with E-state index in [1.807, 2.05) is 0 Å². The van der Waals surface area contributed by atoms with Gasteiger partial charge in [-0.05, 0) is 31.0 Å². The van der Waals surface area contributed by atoms with Gasteiger partial charge in [0, 0.05) is 13.1 Å². The molecule has 1 aliphatic heterocycles. The molecule has 1 aromatic carbocycles. The number of nitrogens with one attached hydrogen (secondary N) is 1. The van der Waals surface area contributed by atoms with Crippen LogP contribution in [0, 0.1) is 0 Å². The van der Waals surface area contributed by atoms with Crippen molar-refractivity contribution in [2.45, 2.75) is 25.7 Å². The van der Waals surface area contributed by atoms with E-state index in [1.54, 1.807) is 0 Å². The summed E-state index contributed by atoms with van der Waals surface area (Å²) in [5.41, 5.74) is -0.222. The van der Waals surface area contributed by atoms with Crippen LogP contribution in [0.1, 0.15) is 36.0 Å². The van der Waals surface area contributed by atoms with Gasteiger partial charge in [0.25, 0.3) is 0 Å². The number of carboxylic acid groups (broad SMARTS) is 1. The van der Waals surface area contributed by atoms with Gasteiger partial charge in [0.15, 0.2) is 0 Å². The van der Waals surface area contributed by atoms with Crippen molar-refractivity contribution in [1.82, 2.24) is 4.31 Å². The van der Waals surface area contributed by atoms with E-state index in [0.717, 1.165) is 37.8 Å². The number of carboxylic acids is 1. The van der Waals surface area contributed by atoms with Crippen molar-refractivity contribution in [2.75, 3.05) is 17.8 Å². The smallest absolute Gasteiger partial charge is 0.335 e. The molecule has 3 N–H and O–H groups in total. The van der Waals surface area contributed by atoms with Crippen molar-refractivity contribution in [2.24, 2.45) is 0 Å². The Morgan fingerprint density at radius 2 is 1.76 bits per heavy atom. The number of hydrogen-bond acceptors (Lipinski definition) is 4. The van der Waals surface area contributed by atoms with Crippen LogP contribution in [0.3, 0.4) is 0 Å². The number of aromatic hydroxyl groups is 1. The van der Waals surface area contributed by atoms with Gasteiger partial charge in [-0.15, -0.1) is 0 Å². The van der Waals surface area contributed by atoms with Crippen molar-refractivity contribution < 1.29 is 23.4 Å². The lowest BCUT2D eigenvalue weighted by molar-refractivity contribution is 0.0697. The molecule has 116 valence electrons. The molecule has 2 rings (SSSR count). The summed E-state index contributed by atoms with van der Waals surface area (Å²) < 4.78 is 28.2. The summed E-state index contributed by atoms with van der Waals surface area (Å²) >= 11 is 0. The zero-order chi connectivity index (χ0) is 15.5. The van der Waals surface area contributed by atoms with Crippen LogP contribution in [0.2, 0.25) is 0 Å². The summed E-state index contributed by atoms with van der Waals surface area (Å²) in [7, 11) is -3.79. The van der Waals surface area contributed by atoms with Gasteiger partial charge < -0.3 is 10.2 Å². The second kappa shape index (κ2) is 6.31. The average Bonchev–Trinajstić information content (AvgIpc) is 2.70. The number of hydrogen-bond donors (Lipinski definition) is 3. The van der Waals surface area contributed by atoms with Crippen LogP contribution < -0.4 is 4.72 Å². The maximum absolute atomic E-state index is 12.3. The van der Waals surface area contributed by atoms with Crippen molar-refractivity contribution in [1.29, 1.82) is 0 Å². The first kappa shape index (κ1) is 15.6. The fourth-order valence-corrected chi connectivity index (χ4v) is 3.55. The predicted molar refractivity (Wildman–Crippen MR) is 77.6 cm³/mol. The lowest BCUT2D eigenvalue weighted by Gasteiger charge is -2.21. The second-order valence-electron chi connectivity index (χ2n) is 4.96. The minimum absolute atomic E-state index is 0.0960. The molecule has 0 atom stereocenters. The van der Waals surface area contributed by atoms with Crippen molar-refractivity contribution in [3.63, 3.8) is 0 Å². The number of phenols is 1. The zero-order valence-electron chi connectivity index (χ0n) is 11.4. The van der Waals surface area contributed by atoms with E-state index in [-0.39, 0.29) is 17.0 Å². The molecular formula is C13H18N2O5S. The summed E-state index contributed by atoms with van der Waals surface area (Å²) in [5.74, 6) is -1.50. The molecule has 7 nitrogen and oxygen atoms in total. The van der Waals surface area contributed by atoms with Crippen LogP contribution in [0.5, 0.6) is 5.75 Å². The van der Waals surface area contributed by atoms with E-state index in [1.165, 1.54) is 10.4 Å². The van der Waals surface area contributed by atoms with Crippen molar-refractivity contribution in [3.05, 3.63) is 23.8 Å². The van der Waals surface area contributed by atoms with Crippen molar-refractivity contribution >= 4 is 21.9 Å². The standard InChI is InChI=1S/C13H18N2O5S/c16-12-6-5-10(13(17)18)9-11(12)14-21(19,20)15-7-3-1-2-4-8-15/h5-6,9,14,16H,1-4,7-8H2,(H,17,18). The molecule has 0 unspecified atom stereocenters. The molecule has 1 aliphatic rings. The molecule has 0 radical (unpaired) electrons. The maximum atomic E-state index is 12.3. The van der Waals surface area contributed by atoms with Crippen LogP contribution in [0.25, 0.3) is 0 Å². The van der Waals surface area contributed by atoms with Gasteiger partial charge in [0.05, 0.1) is 11.3 Å². The molecule has 0 amide bonds. The molecule has 1 saturated heterocycles. The monoisotopic (exact) mass is 314 g/mol. The summed E-state index contributed by atoms with van der Waals surface area (Å²) in [6.45, 7) is 0.851. The molecular weight excluding hydrogens is 296 g/mol. The van der Waals surface area contributed by atoms with Gasteiger partial charge in [-0.1, -0.05) is 12.8 Å². The van der Waals surface area contributed by atoms with Gasteiger partial charge in [-0.2, -0.15) is 12.7 Å². The summed E-state index contributed by atoms with van der Waals surface area (Å²) in [6.07, 6.45) is 3.57. The Labute approximate surface area is 123 Å². The van der Waals surface area contributed by atoms with E-state index in [9.17, 15) is 18.3 Å². The molecule has 0 aliphatic carbocycles. The lowest BCUT2D eigenvalue weighted by Crippen LogP contribution is -2.36. The Bertz CT molecular complexity index is 621. The average molecular weight is 314 g/mol. The fourth-order valence-electron chi connectivity index (χ4n) is 2.24. The molecule has 8 heteroatoms. The SMILES string of the molecule is O=C(O)c1ccc(O)c(NS(=O)(=O)N2CCCCCC2)c1. The molecule has 0 bridgehead atoms.